The molecule has 1 fully saturated rings. The highest BCUT2D eigenvalue weighted by Gasteiger charge is 2.50. The minimum atomic E-state index is -1.60. The SMILES string of the molecule is O=C(O)C1CC(C(=O)O)C(C(=O)O)C(C(=O)O)C1. The van der Waals surface area contributed by atoms with Gasteiger partial charge in [-0.25, -0.2) is 0 Å². The largest absolute Gasteiger partial charge is 0.481 e. The van der Waals surface area contributed by atoms with Gasteiger partial charge < -0.3 is 20.4 Å². The minimum absolute atomic E-state index is 0.370. The van der Waals surface area contributed by atoms with Crippen LogP contribution in [0.25, 0.3) is 0 Å². The second-order valence-electron chi connectivity index (χ2n) is 4.26. The zero-order chi connectivity index (χ0) is 14.0. The lowest BCUT2D eigenvalue weighted by molar-refractivity contribution is -0.169. The van der Waals surface area contributed by atoms with Crippen molar-refractivity contribution in [1.82, 2.24) is 0 Å². The van der Waals surface area contributed by atoms with Crippen molar-refractivity contribution in [2.45, 2.75) is 12.8 Å². The molecule has 2 unspecified atom stereocenters. The van der Waals surface area contributed by atoms with Gasteiger partial charge in [-0.15, -0.1) is 0 Å². The van der Waals surface area contributed by atoms with Crippen LogP contribution in [0.2, 0.25) is 0 Å². The van der Waals surface area contributed by atoms with Crippen LogP contribution >= 0.6 is 0 Å². The Labute approximate surface area is 101 Å². The maximum absolute atomic E-state index is 11.0. The molecule has 8 heteroatoms. The Balaban J connectivity index is 3.12. The van der Waals surface area contributed by atoms with Crippen LogP contribution in [0.3, 0.4) is 0 Å². The van der Waals surface area contributed by atoms with E-state index in [1.165, 1.54) is 0 Å². The predicted molar refractivity (Wildman–Crippen MR) is 53.7 cm³/mol. The Kier molecular flexibility index (Phi) is 3.89. The average Bonchev–Trinajstić information content (AvgIpc) is 2.26. The molecular formula is C10H12O8. The van der Waals surface area contributed by atoms with E-state index in [1.807, 2.05) is 0 Å². The lowest BCUT2D eigenvalue weighted by Crippen LogP contribution is -2.46. The summed E-state index contributed by atoms with van der Waals surface area (Å²) in [4.78, 5) is 43.7. The molecule has 0 heterocycles. The van der Waals surface area contributed by atoms with E-state index in [0.29, 0.717) is 0 Å². The molecule has 0 spiro atoms. The Hall–Kier alpha value is -2.12. The minimum Gasteiger partial charge on any atom is -0.481 e. The van der Waals surface area contributed by atoms with Gasteiger partial charge in [-0.2, -0.15) is 0 Å². The van der Waals surface area contributed by atoms with Crippen LogP contribution in [0.15, 0.2) is 0 Å². The van der Waals surface area contributed by atoms with Gasteiger partial charge in [-0.3, -0.25) is 19.2 Å². The molecule has 100 valence electrons. The van der Waals surface area contributed by atoms with Gasteiger partial charge in [0, 0.05) is 0 Å². The van der Waals surface area contributed by atoms with E-state index in [2.05, 4.69) is 0 Å². The number of aliphatic carboxylic acids is 4. The van der Waals surface area contributed by atoms with Crippen LogP contribution < -0.4 is 0 Å². The summed E-state index contributed by atoms with van der Waals surface area (Å²) < 4.78 is 0. The highest BCUT2D eigenvalue weighted by atomic mass is 16.4. The summed E-state index contributed by atoms with van der Waals surface area (Å²) >= 11 is 0. The zero-order valence-electron chi connectivity index (χ0n) is 9.15. The molecule has 0 aromatic carbocycles. The summed E-state index contributed by atoms with van der Waals surface area (Å²) in [5, 5.41) is 35.6. The first-order chi connectivity index (χ1) is 8.25. The van der Waals surface area contributed by atoms with Gasteiger partial charge in [0.1, 0.15) is 0 Å². The van der Waals surface area contributed by atoms with Gasteiger partial charge in [0.2, 0.25) is 0 Å². The fourth-order valence-electron chi connectivity index (χ4n) is 2.34. The van der Waals surface area contributed by atoms with E-state index in [9.17, 15) is 19.2 Å². The molecule has 0 saturated heterocycles. The third-order valence-electron chi connectivity index (χ3n) is 3.21. The van der Waals surface area contributed by atoms with Crippen molar-refractivity contribution in [2.24, 2.45) is 23.7 Å². The monoisotopic (exact) mass is 260 g/mol. The van der Waals surface area contributed by atoms with Crippen molar-refractivity contribution >= 4 is 23.9 Å². The molecular weight excluding hydrogens is 248 g/mol. The van der Waals surface area contributed by atoms with Gasteiger partial charge in [0.25, 0.3) is 0 Å². The highest BCUT2D eigenvalue weighted by molar-refractivity contribution is 5.87. The maximum Gasteiger partial charge on any atom is 0.308 e. The van der Waals surface area contributed by atoms with E-state index < -0.39 is 47.5 Å². The molecule has 0 aliphatic heterocycles. The van der Waals surface area contributed by atoms with Gasteiger partial charge in [0.05, 0.1) is 23.7 Å². The van der Waals surface area contributed by atoms with E-state index in [4.69, 9.17) is 20.4 Å². The third-order valence-corrected chi connectivity index (χ3v) is 3.21. The van der Waals surface area contributed by atoms with Crippen molar-refractivity contribution in [3.63, 3.8) is 0 Å². The average molecular weight is 260 g/mol. The van der Waals surface area contributed by atoms with Crippen LogP contribution in [0.4, 0.5) is 0 Å². The Bertz CT molecular complexity index is 377. The highest BCUT2D eigenvalue weighted by Crippen LogP contribution is 2.39. The Morgan fingerprint density at radius 2 is 1.06 bits per heavy atom. The molecule has 2 atom stereocenters. The molecule has 18 heavy (non-hydrogen) atoms. The van der Waals surface area contributed by atoms with Crippen molar-refractivity contribution in [1.29, 1.82) is 0 Å². The normalized spacial score (nSPS) is 31.6. The fourth-order valence-corrected chi connectivity index (χ4v) is 2.34. The number of carbonyl (C=O) groups is 4. The van der Waals surface area contributed by atoms with Crippen LogP contribution in [-0.4, -0.2) is 44.3 Å². The molecule has 0 radical (unpaired) electrons. The summed E-state index contributed by atoms with van der Waals surface area (Å²) in [6.45, 7) is 0. The third kappa shape index (κ3) is 2.58. The molecule has 8 nitrogen and oxygen atoms in total. The Morgan fingerprint density at radius 3 is 1.28 bits per heavy atom. The second-order valence-corrected chi connectivity index (χ2v) is 4.26. The van der Waals surface area contributed by atoms with Crippen LogP contribution in [0.5, 0.6) is 0 Å². The van der Waals surface area contributed by atoms with E-state index in [0.717, 1.165) is 0 Å². The second kappa shape index (κ2) is 5.03. The summed E-state index contributed by atoms with van der Waals surface area (Å²) in [5.74, 6) is -11.6. The molecule has 1 saturated carbocycles. The van der Waals surface area contributed by atoms with Crippen molar-refractivity contribution in [3.05, 3.63) is 0 Å². The first kappa shape index (κ1) is 13.9. The maximum atomic E-state index is 11.0. The van der Waals surface area contributed by atoms with E-state index in [1.54, 1.807) is 0 Å². The van der Waals surface area contributed by atoms with E-state index >= 15 is 0 Å². The predicted octanol–water partition coefficient (Wildman–Crippen LogP) is -0.417. The van der Waals surface area contributed by atoms with Gasteiger partial charge >= 0.3 is 23.9 Å². The number of rotatable bonds is 4. The molecule has 0 aromatic heterocycles. The first-order valence-electron chi connectivity index (χ1n) is 5.17. The smallest absolute Gasteiger partial charge is 0.308 e. The standard InChI is InChI=1S/C10H12O8/c11-7(12)3-1-4(8(13)14)6(10(17)18)5(2-3)9(15)16/h3-6H,1-2H2,(H,11,12)(H,13,14)(H,15,16)(H,17,18). The summed E-state index contributed by atoms with van der Waals surface area (Å²) in [6.07, 6.45) is -0.739. The molecule has 0 amide bonds. The van der Waals surface area contributed by atoms with E-state index in [-0.39, 0.29) is 12.8 Å². The number of hydrogen-bond donors (Lipinski definition) is 4. The zero-order valence-corrected chi connectivity index (χ0v) is 9.15. The van der Waals surface area contributed by atoms with Crippen LogP contribution in [0, 0.1) is 23.7 Å². The molecule has 1 rings (SSSR count). The van der Waals surface area contributed by atoms with Crippen molar-refractivity contribution in [3.8, 4) is 0 Å². The fraction of sp³-hybridized carbons (Fsp3) is 0.600. The van der Waals surface area contributed by atoms with Crippen LogP contribution in [0.1, 0.15) is 12.8 Å². The Morgan fingerprint density at radius 1 is 0.667 bits per heavy atom. The quantitative estimate of drug-likeness (QED) is 0.532. The van der Waals surface area contributed by atoms with Gasteiger partial charge in [-0.05, 0) is 12.8 Å². The summed E-state index contributed by atoms with van der Waals surface area (Å²) in [6, 6.07) is 0. The molecule has 4 N–H and O–H groups in total. The number of carboxylic acids is 4. The lowest BCUT2D eigenvalue weighted by atomic mass is 9.67. The number of carboxylic acid groups (broad SMARTS) is 4. The lowest BCUT2D eigenvalue weighted by Gasteiger charge is -2.34. The van der Waals surface area contributed by atoms with Crippen LogP contribution in [-0.2, 0) is 19.2 Å². The topological polar surface area (TPSA) is 149 Å². The van der Waals surface area contributed by atoms with Gasteiger partial charge in [0.15, 0.2) is 0 Å². The van der Waals surface area contributed by atoms with Crippen molar-refractivity contribution < 1.29 is 39.6 Å². The van der Waals surface area contributed by atoms with Gasteiger partial charge in [-0.1, -0.05) is 0 Å². The molecule has 1 aliphatic rings. The summed E-state index contributed by atoms with van der Waals surface area (Å²) in [7, 11) is 0. The molecule has 0 aromatic rings. The molecule has 0 bridgehead atoms. The first-order valence-corrected chi connectivity index (χ1v) is 5.17. The number of hydrogen-bond acceptors (Lipinski definition) is 4. The molecule has 1 aliphatic carbocycles. The summed E-state index contributed by atoms with van der Waals surface area (Å²) in [5.41, 5.74) is 0. The van der Waals surface area contributed by atoms with Crippen molar-refractivity contribution in [2.75, 3.05) is 0 Å².